The van der Waals surface area contributed by atoms with Gasteiger partial charge >= 0.3 is 0 Å². The third-order valence-corrected chi connectivity index (χ3v) is 2.35. The summed E-state index contributed by atoms with van der Waals surface area (Å²) >= 11 is 5.88. The number of ether oxygens (including phenoxy) is 1. The minimum absolute atomic E-state index is 0.279. The Hall–Kier alpha value is -0.800. The van der Waals surface area contributed by atoms with Crippen molar-refractivity contribution in [3.63, 3.8) is 0 Å². The molecular weight excluding hydrogens is 217 g/mol. The van der Waals surface area contributed by atoms with Crippen LogP contribution in [0, 0.1) is 5.82 Å². The Labute approximate surface area is 94.4 Å². The molecular formula is C11H15ClFNO. The SMILES string of the molecule is COCCCCNc1cc(F)ccc1Cl. The van der Waals surface area contributed by atoms with E-state index in [0.29, 0.717) is 10.7 Å². The second-order valence-corrected chi connectivity index (χ2v) is 3.66. The Bertz CT molecular complexity index is 307. The van der Waals surface area contributed by atoms with Gasteiger partial charge in [-0.25, -0.2) is 4.39 Å². The number of hydrogen-bond acceptors (Lipinski definition) is 2. The summed E-state index contributed by atoms with van der Waals surface area (Å²) in [4.78, 5) is 0. The first-order valence-corrected chi connectivity index (χ1v) is 5.29. The van der Waals surface area contributed by atoms with Gasteiger partial charge in [-0.1, -0.05) is 11.6 Å². The molecule has 1 N–H and O–H groups in total. The molecule has 0 saturated heterocycles. The van der Waals surface area contributed by atoms with Gasteiger partial charge in [-0.3, -0.25) is 0 Å². The molecule has 0 bridgehead atoms. The first-order valence-electron chi connectivity index (χ1n) is 4.92. The maximum atomic E-state index is 12.9. The van der Waals surface area contributed by atoms with Gasteiger partial charge < -0.3 is 10.1 Å². The molecule has 0 spiro atoms. The summed E-state index contributed by atoms with van der Waals surface area (Å²) in [5, 5.41) is 3.63. The molecule has 0 aromatic heterocycles. The lowest BCUT2D eigenvalue weighted by molar-refractivity contribution is 0.194. The number of nitrogens with one attached hydrogen (secondary N) is 1. The Balaban J connectivity index is 2.33. The van der Waals surface area contributed by atoms with Crippen molar-refractivity contribution in [3.8, 4) is 0 Å². The second-order valence-electron chi connectivity index (χ2n) is 3.25. The summed E-state index contributed by atoms with van der Waals surface area (Å²) in [6.45, 7) is 1.52. The fourth-order valence-electron chi connectivity index (χ4n) is 1.23. The summed E-state index contributed by atoms with van der Waals surface area (Å²) < 4.78 is 17.8. The van der Waals surface area contributed by atoms with Crippen LogP contribution in [-0.2, 0) is 4.74 Å². The average molecular weight is 232 g/mol. The van der Waals surface area contributed by atoms with Crippen LogP contribution in [0.5, 0.6) is 0 Å². The van der Waals surface area contributed by atoms with Crippen LogP contribution in [0.2, 0.25) is 5.02 Å². The van der Waals surface area contributed by atoms with Crippen molar-refractivity contribution >= 4 is 17.3 Å². The first-order chi connectivity index (χ1) is 7.24. The van der Waals surface area contributed by atoms with Crippen molar-refractivity contribution < 1.29 is 9.13 Å². The highest BCUT2D eigenvalue weighted by molar-refractivity contribution is 6.33. The van der Waals surface area contributed by atoms with Crippen molar-refractivity contribution in [2.24, 2.45) is 0 Å². The molecule has 84 valence electrons. The van der Waals surface area contributed by atoms with Crippen LogP contribution in [0.1, 0.15) is 12.8 Å². The number of anilines is 1. The summed E-state index contributed by atoms with van der Waals surface area (Å²) in [5.41, 5.74) is 0.647. The van der Waals surface area contributed by atoms with Gasteiger partial charge in [0.2, 0.25) is 0 Å². The van der Waals surface area contributed by atoms with Crippen molar-refractivity contribution in [3.05, 3.63) is 29.0 Å². The molecule has 0 radical (unpaired) electrons. The third-order valence-electron chi connectivity index (χ3n) is 2.02. The molecule has 1 aromatic carbocycles. The highest BCUT2D eigenvalue weighted by Gasteiger charge is 2.00. The fraction of sp³-hybridized carbons (Fsp3) is 0.455. The maximum Gasteiger partial charge on any atom is 0.125 e. The fourth-order valence-corrected chi connectivity index (χ4v) is 1.41. The Morgan fingerprint density at radius 1 is 1.40 bits per heavy atom. The molecule has 0 fully saturated rings. The topological polar surface area (TPSA) is 21.3 Å². The maximum absolute atomic E-state index is 12.9. The molecule has 0 aliphatic heterocycles. The zero-order valence-corrected chi connectivity index (χ0v) is 9.48. The monoisotopic (exact) mass is 231 g/mol. The number of unbranched alkanes of at least 4 members (excludes halogenated alkanes) is 1. The van der Waals surface area contributed by atoms with E-state index in [2.05, 4.69) is 5.32 Å². The summed E-state index contributed by atoms with van der Waals surface area (Å²) in [5.74, 6) is -0.279. The van der Waals surface area contributed by atoms with Crippen LogP contribution >= 0.6 is 11.6 Å². The minimum Gasteiger partial charge on any atom is -0.385 e. The van der Waals surface area contributed by atoms with Crippen LogP contribution in [0.4, 0.5) is 10.1 Å². The minimum atomic E-state index is -0.279. The highest BCUT2D eigenvalue weighted by Crippen LogP contribution is 2.22. The third kappa shape index (κ3) is 4.49. The van der Waals surface area contributed by atoms with Gasteiger partial charge in [0.15, 0.2) is 0 Å². The molecule has 0 aliphatic carbocycles. The van der Waals surface area contributed by atoms with Gasteiger partial charge in [0.1, 0.15) is 5.82 Å². The van der Waals surface area contributed by atoms with Crippen LogP contribution in [0.15, 0.2) is 18.2 Å². The Morgan fingerprint density at radius 3 is 2.93 bits per heavy atom. The molecule has 0 heterocycles. The molecule has 0 aliphatic rings. The van der Waals surface area contributed by atoms with Crippen molar-refractivity contribution in [1.82, 2.24) is 0 Å². The number of hydrogen-bond donors (Lipinski definition) is 1. The molecule has 0 saturated carbocycles. The largest absolute Gasteiger partial charge is 0.385 e. The van der Waals surface area contributed by atoms with E-state index in [1.807, 2.05) is 0 Å². The van der Waals surface area contributed by atoms with Gasteiger partial charge in [0, 0.05) is 20.3 Å². The molecule has 0 atom stereocenters. The highest BCUT2D eigenvalue weighted by atomic mass is 35.5. The van der Waals surface area contributed by atoms with Crippen LogP contribution < -0.4 is 5.32 Å². The summed E-state index contributed by atoms with van der Waals surface area (Å²) in [6, 6.07) is 4.30. The van der Waals surface area contributed by atoms with Crippen LogP contribution in [0.25, 0.3) is 0 Å². The number of benzene rings is 1. The first kappa shape index (κ1) is 12.3. The number of methoxy groups -OCH3 is 1. The van der Waals surface area contributed by atoms with Gasteiger partial charge in [-0.2, -0.15) is 0 Å². The van der Waals surface area contributed by atoms with E-state index in [1.165, 1.54) is 12.1 Å². The van der Waals surface area contributed by atoms with E-state index in [-0.39, 0.29) is 5.82 Å². The van der Waals surface area contributed by atoms with Crippen LogP contribution in [0.3, 0.4) is 0 Å². The lowest BCUT2D eigenvalue weighted by Crippen LogP contribution is -2.03. The standard InChI is InChI=1S/C11H15ClFNO/c1-15-7-3-2-6-14-11-8-9(13)4-5-10(11)12/h4-5,8,14H,2-3,6-7H2,1H3. The van der Waals surface area contributed by atoms with Gasteiger partial charge in [0.25, 0.3) is 0 Å². The smallest absolute Gasteiger partial charge is 0.125 e. The average Bonchev–Trinajstić information content (AvgIpc) is 2.23. The quantitative estimate of drug-likeness (QED) is 0.759. The van der Waals surface area contributed by atoms with E-state index < -0.39 is 0 Å². The summed E-state index contributed by atoms with van der Waals surface area (Å²) in [6.07, 6.45) is 1.96. The zero-order chi connectivity index (χ0) is 11.1. The van der Waals surface area contributed by atoms with E-state index in [0.717, 1.165) is 26.0 Å². The second kappa shape index (κ2) is 6.64. The van der Waals surface area contributed by atoms with Gasteiger partial charge in [-0.05, 0) is 31.0 Å². The molecule has 4 heteroatoms. The van der Waals surface area contributed by atoms with Crippen LogP contribution in [-0.4, -0.2) is 20.3 Å². The lowest BCUT2D eigenvalue weighted by Gasteiger charge is -2.07. The van der Waals surface area contributed by atoms with Crippen molar-refractivity contribution in [1.29, 1.82) is 0 Å². The van der Waals surface area contributed by atoms with E-state index in [9.17, 15) is 4.39 Å². The molecule has 0 unspecified atom stereocenters. The Kier molecular flexibility index (Phi) is 5.43. The predicted molar refractivity (Wildman–Crippen MR) is 61.0 cm³/mol. The lowest BCUT2D eigenvalue weighted by atomic mass is 10.3. The molecule has 1 rings (SSSR count). The molecule has 15 heavy (non-hydrogen) atoms. The molecule has 2 nitrogen and oxygen atoms in total. The van der Waals surface area contributed by atoms with E-state index in [4.69, 9.17) is 16.3 Å². The van der Waals surface area contributed by atoms with Crippen molar-refractivity contribution in [2.45, 2.75) is 12.8 Å². The van der Waals surface area contributed by atoms with Crippen molar-refractivity contribution in [2.75, 3.05) is 25.6 Å². The zero-order valence-electron chi connectivity index (χ0n) is 8.72. The van der Waals surface area contributed by atoms with Gasteiger partial charge in [-0.15, -0.1) is 0 Å². The normalized spacial score (nSPS) is 10.3. The molecule has 1 aromatic rings. The summed E-state index contributed by atoms with van der Waals surface area (Å²) in [7, 11) is 1.68. The van der Waals surface area contributed by atoms with Gasteiger partial charge in [0.05, 0.1) is 10.7 Å². The predicted octanol–water partition coefficient (Wildman–Crippen LogP) is 3.32. The molecule has 0 amide bonds. The van der Waals surface area contributed by atoms with E-state index >= 15 is 0 Å². The number of halogens is 2. The van der Waals surface area contributed by atoms with E-state index in [1.54, 1.807) is 13.2 Å². The Morgan fingerprint density at radius 2 is 2.20 bits per heavy atom. The number of rotatable bonds is 6.